The fraction of sp³-hybridized carbons (Fsp3) is 0.0588. The van der Waals surface area contributed by atoms with Crippen molar-refractivity contribution < 1.29 is 14.6 Å². The molecule has 0 bridgehead atoms. The number of aryl methyl sites for hydroxylation is 1. The molecule has 1 heterocycles. The van der Waals surface area contributed by atoms with Gasteiger partial charge in [-0.15, -0.1) is 0 Å². The average molecular weight is 279 g/mol. The minimum Gasteiger partial charge on any atom is -0.478 e. The lowest BCUT2D eigenvalue weighted by Crippen LogP contribution is -2.00. The Bertz CT molecular complexity index is 822. The molecule has 3 aromatic rings. The lowest BCUT2D eigenvalue weighted by molar-refractivity contribution is 0.0694. The summed E-state index contributed by atoms with van der Waals surface area (Å²) in [4.78, 5) is 15.6. The molecule has 0 aliphatic rings. The molecule has 4 nitrogen and oxygen atoms in total. The number of carbonyl (C=O) groups is 1. The van der Waals surface area contributed by atoms with E-state index in [1.54, 1.807) is 24.4 Å². The van der Waals surface area contributed by atoms with Gasteiger partial charge in [-0.1, -0.05) is 23.8 Å². The van der Waals surface area contributed by atoms with E-state index in [0.717, 1.165) is 16.5 Å². The van der Waals surface area contributed by atoms with Crippen LogP contribution in [-0.2, 0) is 0 Å². The molecule has 0 fully saturated rings. The molecule has 0 spiro atoms. The summed E-state index contributed by atoms with van der Waals surface area (Å²) in [6.07, 6.45) is 1.65. The number of hydrogen-bond donors (Lipinski definition) is 1. The first kappa shape index (κ1) is 13.1. The van der Waals surface area contributed by atoms with Crippen LogP contribution in [0.4, 0.5) is 0 Å². The molecule has 2 aromatic carbocycles. The Morgan fingerprint density at radius 1 is 1.10 bits per heavy atom. The van der Waals surface area contributed by atoms with Gasteiger partial charge in [0.15, 0.2) is 0 Å². The molecule has 0 saturated carbocycles. The number of rotatable bonds is 3. The number of benzene rings is 2. The van der Waals surface area contributed by atoms with Crippen LogP contribution in [0.2, 0.25) is 0 Å². The van der Waals surface area contributed by atoms with E-state index in [-0.39, 0.29) is 5.56 Å². The Hall–Kier alpha value is -2.88. The maximum Gasteiger partial charge on any atom is 0.339 e. The minimum absolute atomic E-state index is 0.149. The van der Waals surface area contributed by atoms with Gasteiger partial charge in [-0.25, -0.2) is 4.79 Å². The average Bonchev–Trinajstić information content (AvgIpc) is 2.49. The first-order valence-electron chi connectivity index (χ1n) is 6.51. The zero-order chi connectivity index (χ0) is 14.8. The summed E-state index contributed by atoms with van der Waals surface area (Å²) >= 11 is 0. The van der Waals surface area contributed by atoms with E-state index < -0.39 is 5.97 Å². The molecule has 104 valence electrons. The van der Waals surface area contributed by atoms with E-state index in [1.807, 2.05) is 37.3 Å². The molecular weight excluding hydrogens is 266 g/mol. The summed E-state index contributed by atoms with van der Waals surface area (Å²) in [6, 6.07) is 14.4. The molecule has 3 rings (SSSR count). The summed E-state index contributed by atoms with van der Waals surface area (Å²) in [6.45, 7) is 1.85. The van der Waals surface area contributed by atoms with Crippen LogP contribution in [0.3, 0.4) is 0 Å². The third kappa shape index (κ3) is 2.56. The highest BCUT2D eigenvalue weighted by molar-refractivity contribution is 5.92. The Kier molecular flexibility index (Phi) is 3.28. The molecule has 1 N–H and O–H groups in total. The van der Waals surface area contributed by atoms with E-state index in [9.17, 15) is 9.90 Å². The summed E-state index contributed by atoms with van der Waals surface area (Å²) in [5.41, 5.74) is 1.83. The van der Waals surface area contributed by atoms with E-state index in [0.29, 0.717) is 11.5 Å². The largest absolute Gasteiger partial charge is 0.478 e. The van der Waals surface area contributed by atoms with Gasteiger partial charge in [0.1, 0.15) is 17.1 Å². The Morgan fingerprint density at radius 3 is 2.71 bits per heavy atom. The number of carboxylic acids is 1. The fourth-order valence-electron chi connectivity index (χ4n) is 2.18. The lowest BCUT2D eigenvalue weighted by atomic mass is 10.1. The molecule has 0 radical (unpaired) electrons. The quantitative estimate of drug-likeness (QED) is 0.786. The standard InChI is InChI=1S/C17H13NO3/c1-11-6-7-15(13(10-11)17(19)20)21-16-8-9-18-14-5-3-2-4-12(14)16/h2-10H,1H3,(H,19,20). The maximum absolute atomic E-state index is 11.3. The van der Waals surface area contributed by atoms with Crippen molar-refractivity contribution >= 4 is 16.9 Å². The highest BCUT2D eigenvalue weighted by Gasteiger charge is 2.13. The van der Waals surface area contributed by atoms with Gasteiger partial charge < -0.3 is 9.84 Å². The molecule has 0 aliphatic carbocycles. The van der Waals surface area contributed by atoms with Crippen molar-refractivity contribution in [1.82, 2.24) is 4.98 Å². The molecule has 0 aliphatic heterocycles. The monoisotopic (exact) mass is 279 g/mol. The van der Waals surface area contributed by atoms with Crippen LogP contribution in [0.1, 0.15) is 15.9 Å². The topological polar surface area (TPSA) is 59.4 Å². The summed E-state index contributed by atoms with van der Waals surface area (Å²) in [7, 11) is 0. The number of ether oxygens (including phenoxy) is 1. The second-order valence-electron chi connectivity index (χ2n) is 4.73. The highest BCUT2D eigenvalue weighted by Crippen LogP contribution is 2.31. The smallest absolute Gasteiger partial charge is 0.339 e. The van der Waals surface area contributed by atoms with Crippen LogP contribution in [0.15, 0.2) is 54.7 Å². The van der Waals surface area contributed by atoms with Crippen LogP contribution in [0, 0.1) is 6.92 Å². The molecule has 0 amide bonds. The Labute approximate surface area is 121 Å². The first-order valence-corrected chi connectivity index (χ1v) is 6.51. The molecule has 4 heteroatoms. The number of carboxylic acid groups (broad SMARTS) is 1. The lowest BCUT2D eigenvalue weighted by Gasteiger charge is -2.11. The number of aromatic nitrogens is 1. The number of pyridine rings is 1. The van der Waals surface area contributed by atoms with E-state index in [4.69, 9.17) is 4.74 Å². The van der Waals surface area contributed by atoms with E-state index in [1.165, 1.54) is 0 Å². The predicted molar refractivity (Wildman–Crippen MR) is 80.0 cm³/mol. The van der Waals surface area contributed by atoms with E-state index in [2.05, 4.69) is 4.98 Å². The number of fused-ring (bicyclic) bond motifs is 1. The van der Waals surface area contributed by atoms with Gasteiger partial charge in [-0.3, -0.25) is 4.98 Å². The molecule has 0 atom stereocenters. The molecule has 1 aromatic heterocycles. The Balaban J connectivity index is 2.09. The molecule has 0 saturated heterocycles. The van der Waals surface area contributed by atoms with Crippen molar-refractivity contribution in [2.24, 2.45) is 0 Å². The minimum atomic E-state index is -1.01. The van der Waals surface area contributed by atoms with Gasteiger partial charge >= 0.3 is 5.97 Å². The first-order chi connectivity index (χ1) is 10.1. The SMILES string of the molecule is Cc1ccc(Oc2ccnc3ccccc23)c(C(=O)O)c1. The maximum atomic E-state index is 11.3. The number of nitrogens with zero attached hydrogens (tertiary/aromatic N) is 1. The van der Waals surface area contributed by atoms with Gasteiger partial charge in [0.2, 0.25) is 0 Å². The van der Waals surface area contributed by atoms with Crippen molar-refractivity contribution in [3.8, 4) is 11.5 Å². The van der Waals surface area contributed by atoms with Gasteiger partial charge in [0.05, 0.1) is 5.52 Å². The number of para-hydroxylation sites is 1. The van der Waals surface area contributed by atoms with Gasteiger partial charge in [-0.2, -0.15) is 0 Å². The molecular formula is C17H13NO3. The predicted octanol–water partition coefficient (Wildman–Crippen LogP) is 4.03. The van der Waals surface area contributed by atoms with Crippen molar-refractivity contribution in [2.45, 2.75) is 6.92 Å². The molecule has 21 heavy (non-hydrogen) atoms. The van der Waals surface area contributed by atoms with Gasteiger partial charge in [-0.05, 0) is 37.3 Å². The van der Waals surface area contributed by atoms with Gasteiger partial charge in [0.25, 0.3) is 0 Å². The van der Waals surface area contributed by atoms with Crippen molar-refractivity contribution in [3.63, 3.8) is 0 Å². The fourth-order valence-corrected chi connectivity index (χ4v) is 2.18. The summed E-state index contributed by atoms with van der Waals surface area (Å²) in [5, 5.41) is 10.1. The second kappa shape index (κ2) is 5.25. The van der Waals surface area contributed by atoms with Gasteiger partial charge in [0, 0.05) is 11.6 Å². The van der Waals surface area contributed by atoms with Crippen LogP contribution >= 0.6 is 0 Å². The van der Waals surface area contributed by atoms with E-state index >= 15 is 0 Å². The van der Waals surface area contributed by atoms with Crippen LogP contribution in [-0.4, -0.2) is 16.1 Å². The summed E-state index contributed by atoms with van der Waals surface area (Å²) < 4.78 is 5.82. The zero-order valence-electron chi connectivity index (χ0n) is 11.4. The second-order valence-corrected chi connectivity index (χ2v) is 4.73. The van der Waals surface area contributed by atoms with Crippen molar-refractivity contribution in [2.75, 3.05) is 0 Å². The number of hydrogen-bond acceptors (Lipinski definition) is 3. The van der Waals surface area contributed by atoms with Crippen molar-refractivity contribution in [1.29, 1.82) is 0 Å². The summed E-state index contributed by atoms with van der Waals surface area (Å²) in [5.74, 6) is -0.0940. The number of aromatic carboxylic acids is 1. The van der Waals surface area contributed by atoms with Crippen LogP contribution in [0.25, 0.3) is 10.9 Å². The molecule has 0 unspecified atom stereocenters. The normalized spacial score (nSPS) is 10.5. The van der Waals surface area contributed by atoms with Crippen LogP contribution < -0.4 is 4.74 Å². The third-order valence-corrected chi connectivity index (χ3v) is 3.19. The highest BCUT2D eigenvalue weighted by atomic mass is 16.5. The Morgan fingerprint density at radius 2 is 1.90 bits per heavy atom. The van der Waals surface area contributed by atoms with Crippen LogP contribution in [0.5, 0.6) is 11.5 Å². The van der Waals surface area contributed by atoms with Crippen molar-refractivity contribution in [3.05, 3.63) is 65.9 Å². The zero-order valence-corrected chi connectivity index (χ0v) is 11.4. The third-order valence-electron chi connectivity index (χ3n) is 3.19.